The summed E-state index contributed by atoms with van der Waals surface area (Å²) < 4.78 is 5.61. The number of likely N-dealkylation sites (N-methyl/N-ethyl adjacent to an activating group) is 1. The number of ether oxygens (including phenoxy) is 1. The quantitative estimate of drug-likeness (QED) is 0.930. The van der Waals surface area contributed by atoms with Gasteiger partial charge in [-0.25, -0.2) is 5.10 Å². The minimum atomic E-state index is -0.283. The zero-order chi connectivity index (χ0) is 15.5. The Morgan fingerprint density at radius 3 is 2.86 bits per heavy atom. The highest BCUT2D eigenvalue weighted by molar-refractivity contribution is 6.04. The predicted molar refractivity (Wildman–Crippen MR) is 82.9 cm³/mol. The van der Waals surface area contributed by atoms with Gasteiger partial charge in [-0.3, -0.25) is 9.59 Å². The third-order valence-electron chi connectivity index (χ3n) is 4.02. The molecular weight excluding hydrogens is 282 g/mol. The molecule has 2 heterocycles. The number of hydrogen-bond donors (Lipinski definition) is 1. The van der Waals surface area contributed by atoms with Crippen molar-refractivity contribution in [2.75, 3.05) is 19.7 Å². The van der Waals surface area contributed by atoms with E-state index in [4.69, 9.17) is 4.74 Å². The number of nitrogens with zero attached hydrogens (tertiary/aromatic N) is 2. The molecule has 6 nitrogen and oxygen atoms in total. The van der Waals surface area contributed by atoms with Crippen LogP contribution in [0.1, 0.15) is 30.3 Å². The number of rotatable bonds is 4. The van der Waals surface area contributed by atoms with E-state index < -0.39 is 0 Å². The number of carbonyl (C=O) groups is 1. The van der Waals surface area contributed by atoms with E-state index in [1.807, 2.05) is 6.92 Å². The van der Waals surface area contributed by atoms with Crippen molar-refractivity contribution in [3.8, 4) is 0 Å². The largest absolute Gasteiger partial charge is 0.376 e. The summed E-state index contributed by atoms with van der Waals surface area (Å²) in [6, 6.07) is 7.03. The summed E-state index contributed by atoms with van der Waals surface area (Å²) in [5.74, 6) is -0.176. The Morgan fingerprint density at radius 1 is 1.41 bits per heavy atom. The maximum absolute atomic E-state index is 12.8. The van der Waals surface area contributed by atoms with Crippen molar-refractivity contribution in [3.05, 3.63) is 40.3 Å². The van der Waals surface area contributed by atoms with E-state index >= 15 is 0 Å². The number of H-pyrrole nitrogens is 1. The van der Waals surface area contributed by atoms with Crippen LogP contribution in [-0.2, 0) is 4.74 Å². The van der Waals surface area contributed by atoms with E-state index in [0.29, 0.717) is 23.9 Å². The highest BCUT2D eigenvalue weighted by Gasteiger charge is 2.24. The number of hydrogen-bond acceptors (Lipinski definition) is 4. The highest BCUT2D eigenvalue weighted by atomic mass is 16.5. The van der Waals surface area contributed by atoms with Gasteiger partial charge in [0.05, 0.1) is 11.5 Å². The fourth-order valence-electron chi connectivity index (χ4n) is 2.82. The number of nitrogens with one attached hydrogen (secondary N) is 1. The lowest BCUT2D eigenvalue weighted by molar-refractivity contribution is 0.0535. The summed E-state index contributed by atoms with van der Waals surface area (Å²) in [4.78, 5) is 26.3. The van der Waals surface area contributed by atoms with Crippen molar-refractivity contribution in [2.24, 2.45) is 0 Å². The van der Waals surface area contributed by atoms with Crippen LogP contribution < -0.4 is 5.56 Å². The summed E-state index contributed by atoms with van der Waals surface area (Å²) in [6.45, 7) is 3.83. The van der Waals surface area contributed by atoms with Crippen molar-refractivity contribution >= 4 is 16.7 Å². The number of benzene rings is 1. The normalized spacial score (nSPS) is 17.8. The molecule has 0 radical (unpaired) electrons. The first kappa shape index (κ1) is 14.7. The molecule has 1 aliphatic heterocycles. The van der Waals surface area contributed by atoms with Gasteiger partial charge >= 0.3 is 0 Å². The minimum Gasteiger partial charge on any atom is -0.376 e. The lowest BCUT2D eigenvalue weighted by atomic mass is 10.1. The van der Waals surface area contributed by atoms with Crippen LogP contribution in [0.25, 0.3) is 10.8 Å². The number of carbonyl (C=O) groups excluding carboxylic acids is 1. The topological polar surface area (TPSA) is 75.3 Å². The molecule has 6 heteroatoms. The van der Waals surface area contributed by atoms with E-state index in [0.717, 1.165) is 19.4 Å². The molecule has 1 fully saturated rings. The molecule has 0 aliphatic carbocycles. The van der Waals surface area contributed by atoms with Crippen LogP contribution in [0.2, 0.25) is 0 Å². The lowest BCUT2D eigenvalue weighted by Gasteiger charge is -2.23. The Labute approximate surface area is 128 Å². The van der Waals surface area contributed by atoms with Gasteiger partial charge in [0.1, 0.15) is 0 Å². The van der Waals surface area contributed by atoms with E-state index in [2.05, 4.69) is 10.2 Å². The maximum atomic E-state index is 12.8. The van der Waals surface area contributed by atoms with E-state index in [-0.39, 0.29) is 23.3 Å². The fourth-order valence-corrected chi connectivity index (χ4v) is 2.82. The van der Waals surface area contributed by atoms with Crippen LogP contribution in [0.4, 0.5) is 0 Å². The standard InChI is InChI=1S/C16H19N3O3/c1-2-19(10-11-6-5-9-22-11)16(21)14-12-7-3-4-8-13(12)15(20)18-17-14/h3-4,7-8,11H,2,5-6,9-10H2,1H3,(H,18,20)/t11-/m0/s1. The number of amides is 1. The molecule has 116 valence electrons. The van der Waals surface area contributed by atoms with Crippen LogP contribution in [0.5, 0.6) is 0 Å². The van der Waals surface area contributed by atoms with Gasteiger partial charge in [-0.05, 0) is 25.8 Å². The number of aromatic amines is 1. The zero-order valence-corrected chi connectivity index (χ0v) is 12.5. The van der Waals surface area contributed by atoms with Crippen molar-refractivity contribution in [3.63, 3.8) is 0 Å². The molecule has 1 atom stereocenters. The Hall–Kier alpha value is -2.21. The van der Waals surface area contributed by atoms with Gasteiger partial charge in [0.2, 0.25) is 0 Å². The minimum absolute atomic E-state index is 0.0953. The zero-order valence-electron chi connectivity index (χ0n) is 12.5. The van der Waals surface area contributed by atoms with Crippen molar-refractivity contribution in [1.82, 2.24) is 15.1 Å². The average Bonchev–Trinajstić information content (AvgIpc) is 3.06. The van der Waals surface area contributed by atoms with Crippen LogP contribution in [0.3, 0.4) is 0 Å². The first-order valence-corrected chi connectivity index (χ1v) is 7.59. The van der Waals surface area contributed by atoms with Gasteiger partial charge in [0.25, 0.3) is 11.5 Å². The average molecular weight is 301 g/mol. The molecular formula is C16H19N3O3. The van der Waals surface area contributed by atoms with Gasteiger partial charge < -0.3 is 9.64 Å². The molecule has 1 N–H and O–H groups in total. The molecule has 0 bridgehead atoms. The van der Waals surface area contributed by atoms with E-state index in [9.17, 15) is 9.59 Å². The molecule has 1 aliphatic rings. The Balaban J connectivity index is 1.93. The van der Waals surface area contributed by atoms with Gasteiger partial charge in [0, 0.05) is 25.1 Å². The van der Waals surface area contributed by atoms with Crippen molar-refractivity contribution in [1.29, 1.82) is 0 Å². The Morgan fingerprint density at radius 2 is 2.18 bits per heavy atom. The molecule has 1 aromatic carbocycles. The third-order valence-corrected chi connectivity index (χ3v) is 4.02. The molecule has 3 rings (SSSR count). The molecule has 1 aromatic heterocycles. The summed E-state index contributed by atoms with van der Waals surface area (Å²) in [6.07, 6.45) is 2.11. The van der Waals surface area contributed by atoms with Gasteiger partial charge in [-0.2, -0.15) is 5.10 Å². The van der Waals surface area contributed by atoms with Gasteiger partial charge in [-0.15, -0.1) is 0 Å². The Kier molecular flexibility index (Phi) is 4.20. The predicted octanol–water partition coefficient (Wildman–Crippen LogP) is 1.56. The smallest absolute Gasteiger partial charge is 0.275 e. The fraction of sp³-hybridized carbons (Fsp3) is 0.438. The third kappa shape index (κ3) is 2.74. The SMILES string of the molecule is CCN(C[C@@H]1CCCO1)C(=O)c1n[nH]c(=O)c2ccccc12. The molecule has 0 unspecified atom stereocenters. The summed E-state index contributed by atoms with van der Waals surface area (Å²) in [5.41, 5.74) is 0.00405. The summed E-state index contributed by atoms with van der Waals surface area (Å²) in [7, 11) is 0. The molecule has 22 heavy (non-hydrogen) atoms. The molecule has 2 aromatic rings. The second kappa shape index (κ2) is 6.27. The van der Waals surface area contributed by atoms with Crippen LogP contribution in [-0.4, -0.2) is 46.8 Å². The van der Waals surface area contributed by atoms with Crippen LogP contribution in [0.15, 0.2) is 29.1 Å². The van der Waals surface area contributed by atoms with Crippen LogP contribution >= 0.6 is 0 Å². The first-order valence-electron chi connectivity index (χ1n) is 7.59. The lowest BCUT2D eigenvalue weighted by Crippen LogP contribution is -2.38. The maximum Gasteiger partial charge on any atom is 0.275 e. The monoisotopic (exact) mass is 301 g/mol. The van der Waals surface area contributed by atoms with Crippen molar-refractivity contribution < 1.29 is 9.53 Å². The number of fused-ring (bicyclic) bond motifs is 1. The van der Waals surface area contributed by atoms with Gasteiger partial charge in [-0.1, -0.05) is 18.2 Å². The summed E-state index contributed by atoms with van der Waals surface area (Å²) >= 11 is 0. The van der Waals surface area contributed by atoms with Crippen molar-refractivity contribution in [2.45, 2.75) is 25.9 Å². The summed E-state index contributed by atoms with van der Waals surface area (Å²) in [5, 5.41) is 7.46. The molecule has 1 amide bonds. The molecule has 1 saturated heterocycles. The van der Waals surface area contributed by atoms with Crippen LogP contribution in [0, 0.1) is 0 Å². The molecule has 0 spiro atoms. The molecule has 0 saturated carbocycles. The van der Waals surface area contributed by atoms with E-state index in [1.165, 1.54) is 0 Å². The Bertz CT molecular complexity index is 735. The highest BCUT2D eigenvalue weighted by Crippen LogP contribution is 2.17. The number of aromatic nitrogens is 2. The van der Waals surface area contributed by atoms with E-state index in [1.54, 1.807) is 29.2 Å². The van der Waals surface area contributed by atoms with Gasteiger partial charge in [0.15, 0.2) is 5.69 Å². The second-order valence-corrected chi connectivity index (χ2v) is 5.43. The second-order valence-electron chi connectivity index (χ2n) is 5.43. The first-order chi connectivity index (χ1) is 10.7.